The molecule has 1 rings (SSSR count). The maximum Gasteiger partial charge on any atom is 0.0317 e. The first kappa shape index (κ1) is 10.3. The molecule has 0 heterocycles. The van der Waals surface area contributed by atoms with Crippen molar-refractivity contribution in [2.75, 3.05) is 6.54 Å². The summed E-state index contributed by atoms with van der Waals surface area (Å²) in [7, 11) is 0. The minimum atomic E-state index is 0.519. The van der Waals surface area contributed by atoms with Crippen molar-refractivity contribution in [3.05, 3.63) is 35.4 Å². The van der Waals surface area contributed by atoms with Gasteiger partial charge in [0.1, 0.15) is 0 Å². The minimum absolute atomic E-state index is 0.519. The molecular formula is C12H19N. The summed E-state index contributed by atoms with van der Waals surface area (Å²) < 4.78 is 0. The molecule has 1 atom stereocenters. The van der Waals surface area contributed by atoms with Gasteiger partial charge in [-0.3, -0.25) is 0 Å². The Labute approximate surface area is 81.2 Å². The second kappa shape index (κ2) is 5.03. The van der Waals surface area contributed by atoms with Gasteiger partial charge in [0.05, 0.1) is 0 Å². The van der Waals surface area contributed by atoms with Crippen LogP contribution in [0.15, 0.2) is 24.3 Å². The van der Waals surface area contributed by atoms with Crippen molar-refractivity contribution in [1.82, 2.24) is 5.32 Å². The van der Waals surface area contributed by atoms with Crippen LogP contribution in [0.5, 0.6) is 0 Å². The van der Waals surface area contributed by atoms with Crippen LogP contribution in [0.4, 0.5) is 0 Å². The van der Waals surface area contributed by atoms with Crippen molar-refractivity contribution < 1.29 is 0 Å². The Bertz CT molecular complexity index is 238. The highest BCUT2D eigenvalue weighted by Gasteiger charge is 2.05. The first-order chi connectivity index (χ1) is 6.27. The average molecular weight is 177 g/mol. The fourth-order valence-corrected chi connectivity index (χ4v) is 1.54. The average Bonchev–Trinajstić information content (AvgIpc) is 2.16. The number of rotatable bonds is 4. The van der Waals surface area contributed by atoms with Crippen molar-refractivity contribution >= 4 is 0 Å². The van der Waals surface area contributed by atoms with Gasteiger partial charge in [0.25, 0.3) is 0 Å². The summed E-state index contributed by atoms with van der Waals surface area (Å²) in [5, 5.41) is 3.47. The van der Waals surface area contributed by atoms with Crippen molar-refractivity contribution in [1.29, 1.82) is 0 Å². The van der Waals surface area contributed by atoms with Gasteiger partial charge in [-0.15, -0.1) is 0 Å². The van der Waals surface area contributed by atoms with Crippen LogP contribution >= 0.6 is 0 Å². The molecule has 13 heavy (non-hydrogen) atoms. The van der Waals surface area contributed by atoms with E-state index in [0.29, 0.717) is 6.04 Å². The molecule has 0 spiro atoms. The number of nitrogens with one attached hydrogen (secondary N) is 1. The molecule has 1 nitrogen and oxygen atoms in total. The van der Waals surface area contributed by atoms with E-state index in [-0.39, 0.29) is 0 Å². The maximum atomic E-state index is 3.47. The van der Waals surface area contributed by atoms with Gasteiger partial charge in [0.15, 0.2) is 0 Å². The lowest BCUT2D eigenvalue weighted by molar-refractivity contribution is 0.537. The zero-order valence-electron chi connectivity index (χ0n) is 8.80. The molecule has 0 radical (unpaired) electrons. The number of hydrogen-bond donors (Lipinski definition) is 1. The smallest absolute Gasteiger partial charge is 0.0317 e. The van der Waals surface area contributed by atoms with E-state index in [1.165, 1.54) is 11.1 Å². The Morgan fingerprint density at radius 3 is 2.23 bits per heavy atom. The summed E-state index contributed by atoms with van der Waals surface area (Å²) in [4.78, 5) is 0. The topological polar surface area (TPSA) is 12.0 Å². The highest BCUT2D eigenvalue weighted by molar-refractivity contribution is 5.23. The summed E-state index contributed by atoms with van der Waals surface area (Å²) >= 11 is 0. The lowest BCUT2D eigenvalue weighted by Gasteiger charge is -2.16. The zero-order chi connectivity index (χ0) is 9.68. The van der Waals surface area contributed by atoms with E-state index in [1.807, 2.05) is 0 Å². The molecule has 72 valence electrons. The largest absolute Gasteiger partial charge is 0.310 e. The third-order valence-corrected chi connectivity index (χ3v) is 2.34. The van der Waals surface area contributed by atoms with E-state index in [2.05, 4.69) is 50.4 Å². The Hall–Kier alpha value is -0.820. The number of hydrogen-bond acceptors (Lipinski definition) is 1. The van der Waals surface area contributed by atoms with E-state index in [1.54, 1.807) is 0 Å². The monoisotopic (exact) mass is 177 g/mol. The van der Waals surface area contributed by atoms with Crippen LogP contribution in [0.2, 0.25) is 0 Å². The van der Waals surface area contributed by atoms with E-state index < -0.39 is 0 Å². The van der Waals surface area contributed by atoms with Gasteiger partial charge < -0.3 is 5.32 Å². The number of benzene rings is 1. The molecule has 0 aliphatic carbocycles. The standard InChI is InChI=1S/C12H19N/c1-4-12(13-5-2)11-8-6-10(3)7-9-11/h6-9,12-13H,4-5H2,1-3H3. The minimum Gasteiger partial charge on any atom is -0.310 e. The van der Waals surface area contributed by atoms with Crippen LogP contribution in [0.25, 0.3) is 0 Å². The molecule has 0 saturated heterocycles. The molecule has 1 aromatic rings. The van der Waals surface area contributed by atoms with Gasteiger partial charge >= 0.3 is 0 Å². The molecular weight excluding hydrogens is 158 g/mol. The molecule has 0 bridgehead atoms. The highest BCUT2D eigenvalue weighted by Crippen LogP contribution is 2.16. The van der Waals surface area contributed by atoms with Crippen molar-refractivity contribution in [3.63, 3.8) is 0 Å². The Balaban J connectivity index is 2.73. The van der Waals surface area contributed by atoms with Crippen molar-refractivity contribution in [3.8, 4) is 0 Å². The SMILES string of the molecule is CCNC(CC)c1ccc(C)cc1. The first-order valence-corrected chi connectivity index (χ1v) is 5.07. The molecule has 0 aliphatic rings. The van der Waals surface area contributed by atoms with Crippen LogP contribution in [-0.4, -0.2) is 6.54 Å². The van der Waals surface area contributed by atoms with Gasteiger partial charge in [0, 0.05) is 6.04 Å². The molecule has 1 N–H and O–H groups in total. The highest BCUT2D eigenvalue weighted by atomic mass is 14.9. The van der Waals surface area contributed by atoms with Crippen LogP contribution in [0.3, 0.4) is 0 Å². The van der Waals surface area contributed by atoms with Gasteiger partial charge in [-0.05, 0) is 25.5 Å². The van der Waals surface area contributed by atoms with Crippen LogP contribution in [-0.2, 0) is 0 Å². The lowest BCUT2D eigenvalue weighted by atomic mass is 10.0. The second-order valence-corrected chi connectivity index (χ2v) is 3.43. The fraction of sp³-hybridized carbons (Fsp3) is 0.500. The third-order valence-electron chi connectivity index (χ3n) is 2.34. The van der Waals surface area contributed by atoms with E-state index in [4.69, 9.17) is 0 Å². The summed E-state index contributed by atoms with van der Waals surface area (Å²) in [6, 6.07) is 9.30. The molecule has 0 amide bonds. The second-order valence-electron chi connectivity index (χ2n) is 3.43. The Kier molecular flexibility index (Phi) is 3.97. The Morgan fingerprint density at radius 2 is 1.77 bits per heavy atom. The molecule has 1 unspecified atom stereocenters. The van der Waals surface area contributed by atoms with Crippen molar-refractivity contribution in [2.45, 2.75) is 33.2 Å². The summed E-state index contributed by atoms with van der Waals surface area (Å²) in [5.74, 6) is 0. The normalized spacial score (nSPS) is 12.8. The predicted molar refractivity (Wildman–Crippen MR) is 57.9 cm³/mol. The van der Waals surface area contributed by atoms with Crippen LogP contribution < -0.4 is 5.32 Å². The molecule has 0 aliphatic heterocycles. The van der Waals surface area contributed by atoms with Gasteiger partial charge in [0.2, 0.25) is 0 Å². The lowest BCUT2D eigenvalue weighted by Crippen LogP contribution is -2.19. The van der Waals surface area contributed by atoms with E-state index in [9.17, 15) is 0 Å². The Morgan fingerprint density at radius 1 is 1.15 bits per heavy atom. The van der Waals surface area contributed by atoms with E-state index >= 15 is 0 Å². The van der Waals surface area contributed by atoms with Gasteiger partial charge in [-0.25, -0.2) is 0 Å². The van der Waals surface area contributed by atoms with Gasteiger partial charge in [-0.1, -0.05) is 43.7 Å². The molecule has 0 saturated carbocycles. The van der Waals surface area contributed by atoms with E-state index in [0.717, 1.165) is 13.0 Å². The zero-order valence-corrected chi connectivity index (χ0v) is 8.80. The van der Waals surface area contributed by atoms with Crippen LogP contribution in [0, 0.1) is 6.92 Å². The molecule has 0 aromatic heterocycles. The third kappa shape index (κ3) is 2.85. The summed E-state index contributed by atoms with van der Waals surface area (Å²) in [6.07, 6.45) is 1.15. The number of aryl methyl sites for hydroxylation is 1. The van der Waals surface area contributed by atoms with Gasteiger partial charge in [-0.2, -0.15) is 0 Å². The van der Waals surface area contributed by atoms with Crippen LogP contribution in [0.1, 0.15) is 37.4 Å². The molecule has 0 fully saturated rings. The maximum absolute atomic E-state index is 3.47. The van der Waals surface area contributed by atoms with Crippen molar-refractivity contribution in [2.24, 2.45) is 0 Å². The molecule has 1 heteroatoms. The quantitative estimate of drug-likeness (QED) is 0.745. The first-order valence-electron chi connectivity index (χ1n) is 5.07. The molecule has 1 aromatic carbocycles. The fourth-order valence-electron chi connectivity index (χ4n) is 1.54. The summed E-state index contributed by atoms with van der Waals surface area (Å²) in [5.41, 5.74) is 2.73. The predicted octanol–water partition coefficient (Wildman–Crippen LogP) is 3.06. The summed E-state index contributed by atoms with van der Waals surface area (Å²) in [6.45, 7) is 7.52.